The molecular formula is C8H7F6NO4. The maximum atomic E-state index is 12.5. The number of rotatable bonds is 2. The van der Waals surface area contributed by atoms with Crippen LogP contribution in [0, 0.1) is 0 Å². The van der Waals surface area contributed by atoms with Crippen LogP contribution in [0.1, 0.15) is 6.42 Å². The van der Waals surface area contributed by atoms with Crippen molar-refractivity contribution in [1.82, 2.24) is 5.32 Å². The van der Waals surface area contributed by atoms with Crippen molar-refractivity contribution < 1.29 is 45.4 Å². The third-order valence-corrected chi connectivity index (χ3v) is 2.31. The van der Waals surface area contributed by atoms with E-state index >= 15 is 0 Å². The first kappa shape index (κ1) is 15.5. The van der Waals surface area contributed by atoms with Gasteiger partial charge in [0.05, 0.1) is 13.5 Å². The Kier molecular flexibility index (Phi) is 3.72. The number of carbonyl (C=O) groups is 2. The zero-order valence-corrected chi connectivity index (χ0v) is 9.19. The van der Waals surface area contributed by atoms with Gasteiger partial charge in [-0.25, -0.2) is 0 Å². The van der Waals surface area contributed by atoms with Gasteiger partial charge in [-0.2, -0.15) is 26.3 Å². The van der Waals surface area contributed by atoms with Crippen molar-refractivity contribution in [2.75, 3.05) is 7.11 Å². The van der Waals surface area contributed by atoms with Crippen molar-refractivity contribution in [3.63, 3.8) is 0 Å². The summed E-state index contributed by atoms with van der Waals surface area (Å²) < 4.78 is 82.5. The Balaban J connectivity index is 3.07. The summed E-state index contributed by atoms with van der Waals surface area (Å²) >= 11 is 0. The molecule has 1 aliphatic heterocycles. The van der Waals surface area contributed by atoms with E-state index < -0.39 is 42.5 Å². The normalized spacial score (nSPS) is 23.1. The summed E-state index contributed by atoms with van der Waals surface area (Å²) in [5.41, 5.74) is -4.81. The van der Waals surface area contributed by atoms with Crippen LogP contribution >= 0.6 is 0 Å². The molecule has 1 saturated heterocycles. The highest BCUT2D eigenvalue weighted by atomic mass is 19.4. The summed E-state index contributed by atoms with van der Waals surface area (Å²) in [6, 6.07) is -2.09. The highest BCUT2D eigenvalue weighted by molar-refractivity contribution is 5.84. The molecule has 1 aliphatic rings. The summed E-state index contributed by atoms with van der Waals surface area (Å²) in [4.78, 5) is 21.8. The predicted molar refractivity (Wildman–Crippen MR) is 44.5 cm³/mol. The fourth-order valence-corrected chi connectivity index (χ4v) is 1.38. The van der Waals surface area contributed by atoms with E-state index in [1.807, 2.05) is 0 Å². The summed E-state index contributed by atoms with van der Waals surface area (Å²) in [6.45, 7) is 0. The molecule has 0 aromatic carbocycles. The van der Waals surface area contributed by atoms with E-state index in [0.717, 1.165) is 12.4 Å². The summed E-state index contributed by atoms with van der Waals surface area (Å²) in [6.07, 6.45) is -12.9. The van der Waals surface area contributed by atoms with Crippen LogP contribution in [0.3, 0.4) is 0 Å². The number of hydrogen-bond acceptors (Lipinski definition) is 5. The molecule has 0 amide bonds. The van der Waals surface area contributed by atoms with E-state index in [9.17, 15) is 35.9 Å². The van der Waals surface area contributed by atoms with Gasteiger partial charge in [0, 0.05) is 0 Å². The van der Waals surface area contributed by atoms with Crippen LogP contribution < -0.4 is 5.32 Å². The van der Waals surface area contributed by atoms with Gasteiger partial charge in [0.1, 0.15) is 6.04 Å². The number of hydrogen-bond donors (Lipinski definition) is 1. The third-order valence-electron chi connectivity index (χ3n) is 2.31. The second kappa shape index (κ2) is 4.54. The first-order valence-electron chi connectivity index (χ1n) is 4.65. The Morgan fingerprint density at radius 2 is 1.79 bits per heavy atom. The molecule has 11 heteroatoms. The zero-order chi connectivity index (χ0) is 15.1. The van der Waals surface area contributed by atoms with E-state index in [1.54, 1.807) is 0 Å². The van der Waals surface area contributed by atoms with Crippen molar-refractivity contribution >= 4 is 11.9 Å². The molecule has 1 heterocycles. The lowest BCUT2D eigenvalue weighted by atomic mass is 10.1. The molecular weight excluding hydrogens is 288 g/mol. The largest absolute Gasteiger partial charge is 0.469 e. The molecule has 0 aliphatic carbocycles. The van der Waals surface area contributed by atoms with Crippen molar-refractivity contribution in [2.24, 2.45) is 0 Å². The minimum atomic E-state index is -5.92. The van der Waals surface area contributed by atoms with Gasteiger partial charge in [-0.1, -0.05) is 0 Å². The Morgan fingerprint density at radius 3 is 2.11 bits per heavy atom. The molecule has 0 unspecified atom stereocenters. The average Bonchev–Trinajstić information content (AvgIpc) is 2.56. The van der Waals surface area contributed by atoms with Gasteiger partial charge in [-0.3, -0.25) is 14.9 Å². The second-order valence-corrected chi connectivity index (χ2v) is 3.57. The van der Waals surface area contributed by atoms with Crippen LogP contribution in [0.25, 0.3) is 0 Å². The minimum absolute atomic E-state index is 0.864. The molecule has 19 heavy (non-hydrogen) atoms. The lowest BCUT2D eigenvalue weighted by Gasteiger charge is -2.31. The number of carbonyl (C=O) groups excluding carboxylic acids is 2. The topological polar surface area (TPSA) is 64.6 Å². The SMILES string of the molecule is COC(=O)C[C@@H]1NC(C(F)(F)F)(C(F)(F)F)OC1=O. The summed E-state index contributed by atoms with van der Waals surface area (Å²) in [5.74, 6) is -2.99. The number of methoxy groups -OCH3 is 1. The van der Waals surface area contributed by atoms with Crippen molar-refractivity contribution in [1.29, 1.82) is 0 Å². The van der Waals surface area contributed by atoms with E-state index in [2.05, 4.69) is 9.47 Å². The van der Waals surface area contributed by atoms with E-state index in [4.69, 9.17) is 0 Å². The monoisotopic (exact) mass is 295 g/mol. The van der Waals surface area contributed by atoms with Gasteiger partial charge in [0.15, 0.2) is 0 Å². The lowest BCUT2D eigenvalue weighted by Crippen LogP contribution is -2.65. The molecule has 0 saturated carbocycles. The maximum absolute atomic E-state index is 12.5. The first-order valence-corrected chi connectivity index (χ1v) is 4.65. The number of alkyl halides is 6. The molecule has 5 nitrogen and oxygen atoms in total. The molecule has 1 N–H and O–H groups in total. The van der Waals surface area contributed by atoms with Gasteiger partial charge in [-0.15, -0.1) is 0 Å². The van der Waals surface area contributed by atoms with Crippen molar-refractivity contribution in [3.05, 3.63) is 0 Å². The van der Waals surface area contributed by atoms with E-state index in [1.165, 1.54) is 0 Å². The molecule has 1 rings (SSSR count). The Labute approximate surface area is 101 Å². The maximum Gasteiger partial charge on any atom is 0.452 e. The molecule has 0 bridgehead atoms. The van der Waals surface area contributed by atoms with Gasteiger partial charge in [0.2, 0.25) is 0 Å². The number of halogens is 6. The van der Waals surface area contributed by atoms with Crippen molar-refractivity contribution in [2.45, 2.75) is 30.5 Å². The standard InChI is InChI=1S/C8H7F6NO4/c1-18-4(16)2-3-5(17)19-6(15-3,7(9,10)11)8(12,13)14/h3,15H,2H2,1H3/t3-/m0/s1. The molecule has 0 aromatic heterocycles. The third kappa shape index (κ3) is 2.60. The smallest absolute Gasteiger partial charge is 0.452 e. The average molecular weight is 295 g/mol. The van der Waals surface area contributed by atoms with Gasteiger partial charge < -0.3 is 9.47 Å². The van der Waals surface area contributed by atoms with Crippen LogP contribution in [-0.4, -0.2) is 43.2 Å². The predicted octanol–water partition coefficient (Wildman–Crippen LogP) is 0.885. The molecule has 0 aromatic rings. The van der Waals surface area contributed by atoms with Gasteiger partial charge in [0.25, 0.3) is 0 Å². The van der Waals surface area contributed by atoms with Crippen LogP contribution in [0.5, 0.6) is 0 Å². The fraction of sp³-hybridized carbons (Fsp3) is 0.750. The van der Waals surface area contributed by atoms with Crippen LogP contribution in [0.4, 0.5) is 26.3 Å². The number of cyclic esters (lactones) is 1. The number of nitrogens with one attached hydrogen (secondary N) is 1. The van der Waals surface area contributed by atoms with Gasteiger partial charge >= 0.3 is 30.0 Å². The molecule has 1 atom stereocenters. The van der Waals surface area contributed by atoms with Crippen LogP contribution in [0.2, 0.25) is 0 Å². The highest BCUT2D eigenvalue weighted by Gasteiger charge is 2.78. The number of esters is 2. The highest BCUT2D eigenvalue weighted by Crippen LogP contribution is 2.46. The Morgan fingerprint density at radius 1 is 1.32 bits per heavy atom. The zero-order valence-electron chi connectivity index (χ0n) is 9.19. The first-order chi connectivity index (χ1) is 8.44. The van der Waals surface area contributed by atoms with Crippen molar-refractivity contribution in [3.8, 4) is 0 Å². The van der Waals surface area contributed by atoms with E-state index in [-0.39, 0.29) is 0 Å². The van der Waals surface area contributed by atoms with Crippen LogP contribution in [-0.2, 0) is 19.1 Å². The summed E-state index contributed by atoms with van der Waals surface area (Å²) in [5, 5.41) is 0.977. The Bertz CT molecular complexity index is 376. The quantitative estimate of drug-likeness (QED) is 0.605. The fourth-order valence-electron chi connectivity index (χ4n) is 1.38. The Hall–Kier alpha value is -1.52. The lowest BCUT2D eigenvalue weighted by molar-refractivity contribution is -0.369. The number of ether oxygens (including phenoxy) is 2. The molecule has 0 radical (unpaired) electrons. The van der Waals surface area contributed by atoms with Gasteiger partial charge in [-0.05, 0) is 0 Å². The van der Waals surface area contributed by atoms with Crippen LogP contribution in [0.15, 0.2) is 0 Å². The summed E-state index contributed by atoms with van der Waals surface area (Å²) in [7, 11) is 0.864. The molecule has 110 valence electrons. The molecule has 1 fully saturated rings. The molecule has 0 spiro atoms. The second-order valence-electron chi connectivity index (χ2n) is 3.57. The van der Waals surface area contributed by atoms with E-state index in [0.29, 0.717) is 0 Å². The minimum Gasteiger partial charge on any atom is -0.469 e.